The molecular weight excluding hydrogens is 402 g/mol. The van der Waals surface area contributed by atoms with Crippen molar-refractivity contribution in [2.75, 3.05) is 39.3 Å². The van der Waals surface area contributed by atoms with E-state index in [1.165, 1.54) is 11.1 Å². The molecule has 1 N–H and O–H groups in total. The fraction of sp³-hybridized carbons (Fsp3) is 0.269. The van der Waals surface area contributed by atoms with E-state index in [9.17, 15) is 4.79 Å². The molecule has 1 aliphatic rings. The van der Waals surface area contributed by atoms with Gasteiger partial charge in [0.25, 0.3) is 0 Å². The zero-order valence-electron chi connectivity index (χ0n) is 17.7. The van der Waals surface area contributed by atoms with Crippen LogP contribution < -0.4 is 5.32 Å². The van der Waals surface area contributed by atoms with Crippen LogP contribution in [0, 0.1) is 0 Å². The van der Waals surface area contributed by atoms with E-state index in [0.717, 1.165) is 37.6 Å². The van der Waals surface area contributed by atoms with Crippen molar-refractivity contribution in [3.63, 3.8) is 0 Å². The van der Waals surface area contributed by atoms with Gasteiger partial charge in [0.05, 0.1) is 6.04 Å². The third-order valence-electron chi connectivity index (χ3n) is 5.67. The molecule has 3 aromatic rings. The van der Waals surface area contributed by atoms with Gasteiger partial charge in [-0.3, -0.25) is 14.6 Å². The van der Waals surface area contributed by atoms with E-state index in [0.29, 0.717) is 6.54 Å². The topological polar surface area (TPSA) is 35.6 Å². The second kappa shape index (κ2) is 11.0. The second-order valence-corrected chi connectivity index (χ2v) is 8.72. The predicted molar refractivity (Wildman–Crippen MR) is 129 cm³/mol. The molecule has 0 radical (unpaired) electrons. The molecule has 1 aromatic heterocycles. The molecule has 4 nitrogen and oxygen atoms in total. The molecule has 1 fully saturated rings. The Kier molecular flexibility index (Phi) is 7.66. The summed E-state index contributed by atoms with van der Waals surface area (Å²) in [7, 11) is 0. The fourth-order valence-corrected chi connectivity index (χ4v) is 4.69. The Morgan fingerprint density at radius 3 is 2.13 bits per heavy atom. The van der Waals surface area contributed by atoms with Gasteiger partial charge in [-0.2, -0.15) is 0 Å². The SMILES string of the molecule is O=C(C=Cc1cccs1)NCCN1CCN(C(c2ccccc2)c2ccccc2)CC1. The summed E-state index contributed by atoms with van der Waals surface area (Å²) < 4.78 is 0. The molecule has 1 aliphatic heterocycles. The van der Waals surface area contributed by atoms with E-state index in [1.54, 1.807) is 17.4 Å². The summed E-state index contributed by atoms with van der Waals surface area (Å²) in [5.41, 5.74) is 2.68. The number of carbonyl (C=O) groups excluding carboxylic acids is 1. The lowest BCUT2D eigenvalue weighted by molar-refractivity contribution is -0.116. The van der Waals surface area contributed by atoms with Crippen molar-refractivity contribution in [3.05, 3.63) is 100 Å². The summed E-state index contributed by atoms with van der Waals surface area (Å²) in [6, 6.07) is 25.8. The summed E-state index contributed by atoms with van der Waals surface area (Å²) in [4.78, 5) is 18.1. The van der Waals surface area contributed by atoms with E-state index in [4.69, 9.17) is 0 Å². The summed E-state index contributed by atoms with van der Waals surface area (Å²) in [5, 5.41) is 5.01. The predicted octanol–water partition coefficient (Wildman–Crippen LogP) is 4.28. The molecule has 0 aliphatic carbocycles. The van der Waals surface area contributed by atoms with Crippen LogP contribution in [0.2, 0.25) is 0 Å². The Balaban J connectivity index is 1.27. The van der Waals surface area contributed by atoms with Crippen molar-refractivity contribution in [1.29, 1.82) is 0 Å². The quantitative estimate of drug-likeness (QED) is 0.541. The lowest BCUT2D eigenvalue weighted by Gasteiger charge is -2.39. The van der Waals surface area contributed by atoms with Crippen LogP contribution >= 0.6 is 11.3 Å². The van der Waals surface area contributed by atoms with Gasteiger partial charge in [-0.05, 0) is 28.6 Å². The number of nitrogens with zero attached hydrogens (tertiary/aromatic N) is 2. The standard InChI is InChI=1S/C26H29N3OS/c30-25(14-13-24-12-7-21-31-24)27-15-16-28-17-19-29(20-18-28)26(22-8-3-1-4-9-22)23-10-5-2-6-11-23/h1-14,21,26H,15-20H2,(H,27,30). The smallest absolute Gasteiger partial charge is 0.244 e. The lowest BCUT2D eigenvalue weighted by atomic mass is 9.96. The number of hydrogen-bond donors (Lipinski definition) is 1. The number of rotatable bonds is 8. The van der Waals surface area contributed by atoms with Crippen LogP contribution in [0.3, 0.4) is 0 Å². The molecule has 5 heteroatoms. The van der Waals surface area contributed by atoms with E-state index in [2.05, 4.69) is 75.8 Å². The fourth-order valence-electron chi connectivity index (χ4n) is 4.07. The summed E-state index contributed by atoms with van der Waals surface area (Å²) in [6.07, 6.45) is 3.49. The number of benzene rings is 2. The van der Waals surface area contributed by atoms with Gasteiger partial charge < -0.3 is 5.32 Å². The Hall–Kier alpha value is -2.73. The zero-order valence-corrected chi connectivity index (χ0v) is 18.5. The highest BCUT2D eigenvalue weighted by molar-refractivity contribution is 7.10. The third kappa shape index (κ3) is 6.14. The number of thiophene rings is 1. The van der Waals surface area contributed by atoms with Crippen LogP contribution in [0.15, 0.2) is 84.3 Å². The van der Waals surface area contributed by atoms with E-state index in [1.807, 2.05) is 23.6 Å². The number of carbonyl (C=O) groups is 1. The molecule has 2 aromatic carbocycles. The highest BCUT2D eigenvalue weighted by atomic mass is 32.1. The second-order valence-electron chi connectivity index (χ2n) is 7.74. The number of piperazine rings is 1. The summed E-state index contributed by atoms with van der Waals surface area (Å²) >= 11 is 1.63. The molecule has 0 atom stereocenters. The average molecular weight is 432 g/mol. The van der Waals surface area contributed by atoms with Crippen molar-refractivity contribution >= 4 is 23.3 Å². The van der Waals surface area contributed by atoms with Crippen LogP contribution in [0.25, 0.3) is 6.08 Å². The van der Waals surface area contributed by atoms with Crippen LogP contribution in [-0.2, 0) is 4.79 Å². The Bertz CT molecular complexity index is 909. The van der Waals surface area contributed by atoms with Crippen LogP contribution in [0.1, 0.15) is 22.0 Å². The van der Waals surface area contributed by atoms with Crippen LogP contribution in [0.4, 0.5) is 0 Å². The maximum atomic E-state index is 12.0. The van der Waals surface area contributed by atoms with Crippen LogP contribution in [0.5, 0.6) is 0 Å². The Labute approximate surface area is 188 Å². The minimum Gasteiger partial charge on any atom is -0.351 e. The average Bonchev–Trinajstić information content (AvgIpc) is 3.34. The molecule has 1 saturated heterocycles. The first-order valence-electron chi connectivity index (χ1n) is 10.9. The molecule has 0 unspecified atom stereocenters. The minimum absolute atomic E-state index is 0.0275. The van der Waals surface area contributed by atoms with Crippen molar-refractivity contribution in [2.45, 2.75) is 6.04 Å². The van der Waals surface area contributed by atoms with E-state index in [-0.39, 0.29) is 11.9 Å². The van der Waals surface area contributed by atoms with Gasteiger partial charge >= 0.3 is 0 Å². The Morgan fingerprint density at radius 1 is 0.903 bits per heavy atom. The highest BCUT2D eigenvalue weighted by Gasteiger charge is 2.26. The van der Waals surface area contributed by atoms with E-state index >= 15 is 0 Å². The summed E-state index contributed by atoms with van der Waals surface area (Å²) in [5.74, 6) is -0.0275. The largest absolute Gasteiger partial charge is 0.351 e. The molecule has 160 valence electrons. The van der Waals surface area contributed by atoms with Crippen molar-refractivity contribution < 1.29 is 4.79 Å². The van der Waals surface area contributed by atoms with Gasteiger partial charge in [0.2, 0.25) is 5.91 Å². The molecule has 1 amide bonds. The molecule has 0 bridgehead atoms. The first-order chi connectivity index (χ1) is 15.3. The van der Waals surface area contributed by atoms with Gasteiger partial charge in [0, 0.05) is 50.2 Å². The normalized spacial score (nSPS) is 15.5. The number of nitrogens with one attached hydrogen (secondary N) is 1. The maximum Gasteiger partial charge on any atom is 0.244 e. The molecule has 0 saturated carbocycles. The maximum absolute atomic E-state index is 12.0. The van der Waals surface area contributed by atoms with Gasteiger partial charge in [-0.15, -0.1) is 11.3 Å². The molecule has 31 heavy (non-hydrogen) atoms. The third-order valence-corrected chi connectivity index (χ3v) is 6.51. The van der Waals surface area contributed by atoms with Gasteiger partial charge in [0.1, 0.15) is 0 Å². The van der Waals surface area contributed by atoms with Gasteiger partial charge in [0.15, 0.2) is 0 Å². The van der Waals surface area contributed by atoms with Gasteiger partial charge in [-0.25, -0.2) is 0 Å². The molecule has 0 spiro atoms. The molecule has 2 heterocycles. The van der Waals surface area contributed by atoms with Crippen molar-refractivity contribution in [1.82, 2.24) is 15.1 Å². The number of hydrogen-bond acceptors (Lipinski definition) is 4. The van der Waals surface area contributed by atoms with Crippen LogP contribution in [-0.4, -0.2) is 55.0 Å². The zero-order chi connectivity index (χ0) is 21.3. The van der Waals surface area contributed by atoms with Crippen molar-refractivity contribution in [3.8, 4) is 0 Å². The lowest BCUT2D eigenvalue weighted by Crippen LogP contribution is -2.49. The van der Waals surface area contributed by atoms with E-state index < -0.39 is 0 Å². The highest BCUT2D eigenvalue weighted by Crippen LogP contribution is 2.29. The Morgan fingerprint density at radius 2 is 1.55 bits per heavy atom. The summed E-state index contributed by atoms with van der Waals surface area (Å²) in [6.45, 7) is 5.61. The molecule has 4 rings (SSSR count). The van der Waals surface area contributed by atoms with Gasteiger partial charge in [-0.1, -0.05) is 66.7 Å². The first-order valence-corrected chi connectivity index (χ1v) is 11.7. The molecular formula is C26H29N3OS. The van der Waals surface area contributed by atoms with Crippen molar-refractivity contribution in [2.24, 2.45) is 0 Å². The first kappa shape index (κ1) is 21.5. The monoisotopic (exact) mass is 431 g/mol. The minimum atomic E-state index is -0.0275. The number of amides is 1.